The molecule has 0 aromatic heterocycles. The van der Waals surface area contributed by atoms with Crippen molar-refractivity contribution < 1.29 is 14.3 Å². The molecule has 170 valence electrons. The third kappa shape index (κ3) is 6.06. The molecule has 6 nitrogen and oxygen atoms in total. The lowest BCUT2D eigenvalue weighted by Gasteiger charge is -2.26. The normalized spacial score (nSPS) is 14.1. The molecule has 0 bridgehead atoms. The highest BCUT2D eigenvalue weighted by Gasteiger charge is 2.24. The Balaban J connectivity index is 1.47. The maximum atomic E-state index is 13.4. The van der Waals surface area contributed by atoms with E-state index >= 15 is 0 Å². The standard InChI is InChI=1S/C27H29N3O3/c31-26(28-15-16-30-17-19-33-20-18-30)23-13-7-8-14-24(23)29-27(32)25(21-9-3-1-4-10-21)22-11-5-2-6-12-22/h1-14,25H,15-20H2,(H,28,31)(H,29,32). The summed E-state index contributed by atoms with van der Waals surface area (Å²) in [6.45, 7) is 4.52. The number of nitrogens with zero attached hydrogens (tertiary/aromatic N) is 1. The van der Waals surface area contributed by atoms with E-state index in [-0.39, 0.29) is 11.8 Å². The van der Waals surface area contributed by atoms with Crippen LogP contribution >= 0.6 is 0 Å². The number of para-hydroxylation sites is 1. The van der Waals surface area contributed by atoms with Gasteiger partial charge in [-0.05, 0) is 23.3 Å². The van der Waals surface area contributed by atoms with Crippen LogP contribution in [0.25, 0.3) is 0 Å². The first-order valence-corrected chi connectivity index (χ1v) is 11.3. The molecule has 3 aromatic carbocycles. The number of morpholine rings is 1. The van der Waals surface area contributed by atoms with Crippen molar-refractivity contribution in [3.05, 3.63) is 102 Å². The van der Waals surface area contributed by atoms with E-state index < -0.39 is 5.92 Å². The Bertz CT molecular complexity index is 1010. The first-order chi connectivity index (χ1) is 16.2. The number of hydrogen-bond acceptors (Lipinski definition) is 4. The zero-order chi connectivity index (χ0) is 22.9. The molecule has 0 atom stereocenters. The van der Waals surface area contributed by atoms with Gasteiger partial charge in [-0.3, -0.25) is 14.5 Å². The fraction of sp³-hybridized carbons (Fsp3) is 0.259. The Kier molecular flexibility index (Phi) is 7.85. The van der Waals surface area contributed by atoms with E-state index in [1.165, 1.54) is 0 Å². The van der Waals surface area contributed by atoms with Gasteiger partial charge in [0.05, 0.1) is 30.4 Å². The smallest absolute Gasteiger partial charge is 0.253 e. The fourth-order valence-corrected chi connectivity index (χ4v) is 4.03. The SMILES string of the molecule is O=C(NCCN1CCOCC1)c1ccccc1NC(=O)C(c1ccccc1)c1ccccc1. The molecule has 1 fully saturated rings. The third-order valence-electron chi connectivity index (χ3n) is 5.77. The van der Waals surface area contributed by atoms with E-state index in [9.17, 15) is 9.59 Å². The average molecular weight is 444 g/mol. The van der Waals surface area contributed by atoms with Gasteiger partial charge in [0.15, 0.2) is 0 Å². The molecule has 33 heavy (non-hydrogen) atoms. The van der Waals surface area contributed by atoms with Crippen LogP contribution in [0.1, 0.15) is 27.4 Å². The van der Waals surface area contributed by atoms with E-state index in [0.29, 0.717) is 17.8 Å². The van der Waals surface area contributed by atoms with Crippen molar-refractivity contribution in [2.24, 2.45) is 0 Å². The third-order valence-corrected chi connectivity index (χ3v) is 5.77. The molecule has 1 saturated heterocycles. The van der Waals surface area contributed by atoms with Crippen LogP contribution in [0.4, 0.5) is 5.69 Å². The minimum absolute atomic E-state index is 0.180. The molecule has 6 heteroatoms. The number of hydrogen-bond donors (Lipinski definition) is 2. The molecule has 2 amide bonds. The van der Waals surface area contributed by atoms with Crippen LogP contribution in [0.2, 0.25) is 0 Å². The van der Waals surface area contributed by atoms with Crippen molar-refractivity contribution >= 4 is 17.5 Å². The summed E-state index contributed by atoms with van der Waals surface area (Å²) >= 11 is 0. The topological polar surface area (TPSA) is 70.7 Å². The summed E-state index contributed by atoms with van der Waals surface area (Å²) in [4.78, 5) is 28.6. The summed E-state index contributed by atoms with van der Waals surface area (Å²) in [6.07, 6.45) is 0. The minimum atomic E-state index is -0.482. The van der Waals surface area contributed by atoms with Crippen LogP contribution in [0.5, 0.6) is 0 Å². The lowest BCUT2D eigenvalue weighted by Crippen LogP contribution is -2.41. The Morgan fingerprint density at radius 2 is 1.39 bits per heavy atom. The zero-order valence-electron chi connectivity index (χ0n) is 18.6. The zero-order valence-corrected chi connectivity index (χ0v) is 18.6. The van der Waals surface area contributed by atoms with E-state index in [1.54, 1.807) is 18.2 Å². The van der Waals surface area contributed by atoms with E-state index in [0.717, 1.165) is 44.0 Å². The maximum absolute atomic E-state index is 13.4. The lowest BCUT2D eigenvalue weighted by atomic mass is 9.90. The van der Waals surface area contributed by atoms with Crippen LogP contribution in [-0.4, -0.2) is 56.1 Å². The highest BCUT2D eigenvalue weighted by Crippen LogP contribution is 2.27. The van der Waals surface area contributed by atoms with Gasteiger partial charge in [-0.15, -0.1) is 0 Å². The van der Waals surface area contributed by atoms with Crippen molar-refractivity contribution in [3.8, 4) is 0 Å². The second-order valence-electron chi connectivity index (χ2n) is 8.00. The van der Waals surface area contributed by atoms with Gasteiger partial charge in [0.1, 0.15) is 0 Å². The molecule has 1 aliphatic heterocycles. The number of nitrogens with one attached hydrogen (secondary N) is 2. The van der Waals surface area contributed by atoms with Crippen molar-refractivity contribution in [1.29, 1.82) is 0 Å². The highest BCUT2D eigenvalue weighted by atomic mass is 16.5. The molecule has 4 rings (SSSR count). The van der Waals surface area contributed by atoms with Gasteiger partial charge in [0.2, 0.25) is 5.91 Å². The van der Waals surface area contributed by atoms with Gasteiger partial charge in [-0.1, -0.05) is 72.8 Å². The Hall–Kier alpha value is -3.48. The first-order valence-electron chi connectivity index (χ1n) is 11.3. The summed E-state index contributed by atoms with van der Waals surface area (Å²) < 4.78 is 5.36. The largest absolute Gasteiger partial charge is 0.379 e. The van der Waals surface area contributed by atoms with E-state index in [4.69, 9.17) is 4.74 Å². The quantitative estimate of drug-likeness (QED) is 0.559. The summed E-state index contributed by atoms with van der Waals surface area (Å²) in [5, 5.41) is 5.98. The Morgan fingerprint density at radius 3 is 2.03 bits per heavy atom. The molecule has 0 saturated carbocycles. The van der Waals surface area contributed by atoms with E-state index in [1.807, 2.05) is 66.7 Å². The van der Waals surface area contributed by atoms with Gasteiger partial charge in [-0.25, -0.2) is 0 Å². The highest BCUT2D eigenvalue weighted by molar-refractivity contribution is 6.05. The van der Waals surface area contributed by atoms with Crippen molar-refractivity contribution in [2.75, 3.05) is 44.7 Å². The van der Waals surface area contributed by atoms with Crippen LogP contribution in [0.15, 0.2) is 84.9 Å². The number of carbonyl (C=O) groups excluding carboxylic acids is 2. The number of carbonyl (C=O) groups is 2. The van der Waals surface area contributed by atoms with Gasteiger partial charge < -0.3 is 15.4 Å². The van der Waals surface area contributed by atoms with Gasteiger partial charge >= 0.3 is 0 Å². The fourth-order valence-electron chi connectivity index (χ4n) is 4.03. The Labute approximate surface area is 194 Å². The van der Waals surface area contributed by atoms with Crippen LogP contribution < -0.4 is 10.6 Å². The molecule has 1 heterocycles. The monoisotopic (exact) mass is 443 g/mol. The number of ether oxygens (including phenoxy) is 1. The number of amides is 2. The van der Waals surface area contributed by atoms with Crippen molar-refractivity contribution in [2.45, 2.75) is 5.92 Å². The van der Waals surface area contributed by atoms with Crippen LogP contribution in [0, 0.1) is 0 Å². The predicted octanol–water partition coefficient (Wildman–Crippen LogP) is 3.52. The molecule has 0 spiro atoms. The molecule has 3 aromatic rings. The second kappa shape index (κ2) is 11.4. The summed E-state index contributed by atoms with van der Waals surface area (Å²) in [5.41, 5.74) is 2.75. The molecular weight excluding hydrogens is 414 g/mol. The van der Waals surface area contributed by atoms with Crippen LogP contribution in [-0.2, 0) is 9.53 Å². The molecule has 1 aliphatic rings. The van der Waals surface area contributed by atoms with E-state index in [2.05, 4.69) is 15.5 Å². The van der Waals surface area contributed by atoms with Crippen molar-refractivity contribution in [1.82, 2.24) is 10.2 Å². The summed E-state index contributed by atoms with van der Waals surface area (Å²) in [6, 6.07) is 26.5. The van der Waals surface area contributed by atoms with Gasteiger partial charge in [0, 0.05) is 26.2 Å². The summed E-state index contributed by atoms with van der Waals surface area (Å²) in [5.74, 6) is -0.860. The van der Waals surface area contributed by atoms with Gasteiger partial charge in [0.25, 0.3) is 5.91 Å². The molecule has 0 radical (unpaired) electrons. The predicted molar refractivity (Wildman–Crippen MR) is 129 cm³/mol. The first kappa shape index (κ1) is 22.7. The average Bonchev–Trinajstić information content (AvgIpc) is 2.86. The maximum Gasteiger partial charge on any atom is 0.253 e. The minimum Gasteiger partial charge on any atom is -0.379 e. The lowest BCUT2D eigenvalue weighted by molar-refractivity contribution is -0.116. The number of rotatable bonds is 8. The van der Waals surface area contributed by atoms with Gasteiger partial charge in [-0.2, -0.15) is 0 Å². The molecule has 2 N–H and O–H groups in total. The Morgan fingerprint density at radius 1 is 0.818 bits per heavy atom. The summed E-state index contributed by atoms with van der Waals surface area (Å²) in [7, 11) is 0. The van der Waals surface area contributed by atoms with Crippen molar-refractivity contribution in [3.63, 3.8) is 0 Å². The molecular formula is C27H29N3O3. The number of anilines is 1. The molecule has 0 aliphatic carbocycles. The molecule has 0 unspecified atom stereocenters. The number of benzene rings is 3. The van der Waals surface area contributed by atoms with Crippen LogP contribution in [0.3, 0.4) is 0 Å². The second-order valence-corrected chi connectivity index (χ2v) is 8.00.